The maximum absolute atomic E-state index is 12.7. The van der Waals surface area contributed by atoms with Gasteiger partial charge in [0.15, 0.2) is 27.9 Å². The Kier molecular flexibility index (Phi) is 13.1. The normalized spacial score (nSPS) is 12.3. The van der Waals surface area contributed by atoms with E-state index in [0.717, 1.165) is 12.1 Å². The lowest BCUT2D eigenvalue weighted by molar-refractivity contribution is -0.434. The summed E-state index contributed by atoms with van der Waals surface area (Å²) in [5.74, 6) is -2.67. The van der Waals surface area contributed by atoms with Crippen LogP contribution in [0.25, 0.3) is 10.8 Å². The quantitative estimate of drug-likeness (QED) is 0.0105. The number of nitrogens with two attached hydrogens (primary N) is 1. The van der Waals surface area contributed by atoms with Crippen molar-refractivity contribution in [3.8, 4) is 11.5 Å². The number of phenolic OH excluding ortho intramolecular Hbond substituents is 2. The summed E-state index contributed by atoms with van der Waals surface area (Å²) in [6, 6.07) is 7.32. The van der Waals surface area contributed by atoms with E-state index in [1.165, 1.54) is 18.2 Å². The molecule has 7 N–H and O–H groups in total. The molecule has 0 heterocycles. The number of anilines is 1. The number of azo groups is 2. The molecule has 0 fully saturated rings. The number of nitro groups is 2. The second-order valence-electron chi connectivity index (χ2n) is 9.60. The summed E-state index contributed by atoms with van der Waals surface area (Å²) in [4.78, 5) is 18.7. The van der Waals surface area contributed by atoms with Gasteiger partial charge in [-0.05, 0) is 35.7 Å². The summed E-state index contributed by atoms with van der Waals surface area (Å²) in [6.07, 6.45) is 0. The fourth-order valence-electron chi connectivity index (χ4n) is 4.18. The Balaban J connectivity index is 1.86. The zero-order valence-corrected chi connectivity index (χ0v) is 28.7. The number of nitrogens with zero attached hydrogens (tertiary/aromatic N) is 6. The molecule has 0 atom stereocenters. The minimum Gasteiger partial charge on any atom is -0.505 e. The van der Waals surface area contributed by atoms with E-state index in [1.54, 1.807) is 0 Å². The Morgan fingerprint density at radius 2 is 1.49 bits per heavy atom. The number of phenols is 2. The van der Waals surface area contributed by atoms with Gasteiger partial charge in [-0.2, -0.15) is 8.42 Å². The van der Waals surface area contributed by atoms with Crippen LogP contribution in [-0.2, 0) is 42.9 Å². The molecule has 0 saturated heterocycles. The number of hydrogen-bond donors (Lipinski definition) is 6. The van der Waals surface area contributed by atoms with E-state index in [-0.39, 0.29) is 51.4 Å². The number of hydrogen-bond acceptors (Lipinski definition) is 24. The van der Waals surface area contributed by atoms with Crippen LogP contribution in [0.3, 0.4) is 0 Å². The minimum absolute atomic E-state index is 0.0916. The number of sulfone groups is 1. The standard InChI is InChI=1S/C24H19N7O18S4/c25-14-3-1-11-7-18(50-48-46-38)22(24(33)20(11)21(14)28-27-16-8-12(30(34)35)9-17(23(16)32)31(36)37)29-26-15-4-2-13(10-19(15)53(42,43)44)52(40,41)6-5-45-51-49-47-39/h1-4,7-10,32-33,38-39H,5-6,25H2,(H,42,43,44). The van der Waals surface area contributed by atoms with Gasteiger partial charge < -0.3 is 15.9 Å². The lowest BCUT2D eigenvalue weighted by Crippen LogP contribution is -2.12. The van der Waals surface area contributed by atoms with Gasteiger partial charge in [0, 0.05) is 6.07 Å². The molecule has 0 amide bonds. The molecule has 0 radical (unpaired) electrons. The summed E-state index contributed by atoms with van der Waals surface area (Å²) >= 11 is 0.339. The minimum atomic E-state index is -5.20. The molecular weight excluding hydrogens is 803 g/mol. The average Bonchev–Trinajstić information content (AvgIpc) is 3.09. The fourth-order valence-corrected chi connectivity index (χ4v) is 6.83. The molecular formula is C24H19N7O18S4. The number of nitro benzene ring substituents is 2. The van der Waals surface area contributed by atoms with E-state index in [4.69, 9.17) is 20.4 Å². The number of fused-ring (bicyclic) bond motifs is 1. The third-order valence-electron chi connectivity index (χ3n) is 6.46. The molecule has 4 aromatic carbocycles. The molecule has 282 valence electrons. The predicted molar refractivity (Wildman–Crippen MR) is 177 cm³/mol. The molecule has 0 bridgehead atoms. The van der Waals surface area contributed by atoms with E-state index in [9.17, 15) is 51.8 Å². The summed E-state index contributed by atoms with van der Waals surface area (Å²) in [5.41, 5.74) is 1.61. The van der Waals surface area contributed by atoms with Gasteiger partial charge in [-0.25, -0.2) is 18.9 Å². The Morgan fingerprint density at radius 1 is 0.811 bits per heavy atom. The molecule has 0 aliphatic rings. The molecule has 25 nitrogen and oxygen atoms in total. The summed E-state index contributed by atoms with van der Waals surface area (Å²) in [7, 11) is -9.47. The van der Waals surface area contributed by atoms with Crippen LogP contribution < -0.4 is 5.73 Å². The molecule has 53 heavy (non-hydrogen) atoms. The third kappa shape index (κ3) is 9.63. The lowest BCUT2D eigenvalue weighted by atomic mass is 10.1. The van der Waals surface area contributed by atoms with Crippen molar-refractivity contribution in [3.05, 3.63) is 68.8 Å². The first-order valence-electron chi connectivity index (χ1n) is 13.3. The first kappa shape index (κ1) is 40.6. The van der Waals surface area contributed by atoms with E-state index in [0.29, 0.717) is 18.2 Å². The molecule has 0 spiro atoms. The highest BCUT2D eigenvalue weighted by molar-refractivity contribution is 7.94. The van der Waals surface area contributed by atoms with Crippen molar-refractivity contribution in [1.82, 2.24) is 0 Å². The van der Waals surface area contributed by atoms with Crippen molar-refractivity contribution >= 4 is 94.9 Å². The highest BCUT2D eigenvalue weighted by Gasteiger charge is 2.26. The summed E-state index contributed by atoms with van der Waals surface area (Å²) < 4.78 is 73.0. The predicted octanol–water partition coefficient (Wildman–Crippen LogP) is 5.93. The van der Waals surface area contributed by atoms with Crippen LogP contribution in [0.2, 0.25) is 0 Å². The molecule has 0 saturated carbocycles. The molecule has 29 heteroatoms. The molecule has 4 rings (SSSR count). The van der Waals surface area contributed by atoms with Crippen molar-refractivity contribution in [2.45, 2.75) is 14.7 Å². The Morgan fingerprint density at radius 3 is 2.13 bits per heavy atom. The van der Waals surface area contributed by atoms with Crippen LogP contribution in [0.1, 0.15) is 0 Å². The van der Waals surface area contributed by atoms with Crippen molar-refractivity contribution in [2.75, 3.05) is 18.1 Å². The van der Waals surface area contributed by atoms with Crippen LogP contribution in [0.5, 0.6) is 11.5 Å². The van der Waals surface area contributed by atoms with Crippen LogP contribution in [0.15, 0.2) is 83.7 Å². The number of non-ortho nitro benzene ring substituents is 1. The number of rotatable bonds is 17. The largest absolute Gasteiger partial charge is 0.505 e. The van der Waals surface area contributed by atoms with Crippen molar-refractivity contribution < 1.29 is 74.9 Å². The smallest absolute Gasteiger partial charge is 0.319 e. The number of aromatic hydroxyl groups is 2. The highest BCUT2D eigenvalue weighted by atomic mass is 32.2. The van der Waals surface area contributed by atoms with E-state index < -0.39 is 91.9 Å². The SMILES string of the molecule is Nc1ccc2cc(SOOO)c(N=Nc3ccc(S(=O)(=O)CCOSOOO)cc3S(=O)(=O)O)c(O)c2c1N=Nc1cc([N+](=O)[O-])cc([N+](=O)[O-])c1O. The van der Waals surface area contributed by atoms with Gasteiger partial charge >= 0.3 is 5.69 Å². The van der Waals surface area contributed by atoms with Gasteiger partial charge in [0.25, 0.3) is 15.8 Å². The zero-order valence-electron chi connectivity index (χ0n) is 25.5. The van der Waals surface area contributed by atoms with E-state index in [2.05, 4.69) is 39.2 Å². The molecule has 4 aromatic rings. The second-order valence-corrected chi connectivity index (χ2v) is 14.4. The second kappa shape index (κ2) is 17.1. The molecule has 0 aliphatic carbocycles. The molecule has 0 unspecified atom stereocenters. The Hall–Kier alpha value is -5.18. The maximum Gasteiger partial charge on any atom is 0.319 e. The fraction of sp³-hybridized carbons (Fsp3) is 0.0833. The highest BCUT2D eigenvalue weighted by Crippen LogP contribution is 2.49. The Labute approximate surface area is 302 Å². The summed E-state index contributed by atoms with van der Waals surface area (Å²) in [6.45, 7) is -0.529. The van der Waals surface area contributed by atoms with Crippen LogP contribution >= 0.6 is 24.4 Å². The van der Waals surface area contributed by atoms with Crippen molar-refractivity contribution in [2.24, 2.45) is 20.5 Å². The average molecular weight is 822 g/mol. The van der Waals surface area contributed by atoms with Crippen LogP contribution in [0.4, 0.5) is 39.8 Å². The topological polar surface area (TPSA) is 377 Å². The van der Waals surface area contributed by atoms with Gasteiger partial charge in [-0.1, -0.05) is 16.1 Å². The number of benzene rings is 4. The van der Waals surface area contributed by atoms with Crippen LogP contribution in [-0.4, -0.2) is 64.3 Å². The van der Waals surface area contributed by atoms with Gasteiger partial charge in [0.2, 0.25) is 5.75 Å². The van der Waals surface area contributed by atoms with E-state index >= 15 is 0 Å². The van der Waals surface area contributed by atoms with Gasteiger partial charge in [0.1, 0.15) is 27.6 Å². The summed E-state index contributed by atoms with van der Waals surface area (Å²) in [5, 5.41) is 83.0. The zero-order chi connectivity index (χ0) is 39.1. The first-order valence-corrected chi connectivity index (χ1v) is 17.8. The molecule has 0 aliphatic heterocycles. The first-order chi connectivity index (χ1) is 25.0. The van der Waals surface area contributed by atoms with E-state index in [1.807, 2.05) is 0 Å². The third-order valence-corrected chi connectivity index (χ3v) is 10.0. The lowest BCUT2D eigenvalue weighted by Gasteiger charge is -2.12. The maximum atomic E-state index is 12.7. The monoisotopic (exact) mass is 821 g/mol. The van der Waals surface area contributed by atoms with Gasteiger partial charge in [0.05, 0.1) is 61.2 Å². The van der Waals surface area contributed by atoms with Crippen molar-refractivity contribution in [1.29, 1.82) is 0 Å². The van der Waals surface area contributed by atoms with Crippen molar-refractivity contribution in [3.63, 3.8) is 0 Å². The Bertz CT molecular complexity index is 2360. The van der Waals surface area contributed by atoms with Gasteiger partial charge in [-0.3, -0.25) is 29.0 Å². The number of nitrogen functional groups attached to an aromatic ring is 1. The van der Waals surface area contributed by atoms with Crippen LogP contribution in [0, 0.1) is 20.2 Å². The molecule has 0 aromatic heterocycles. The van der Waals surface area contributed by atoms with Gasteiger partial charge in [-0.15, -0.1) is 29.1 Å².